The van der Waals surface area contributed by atoms with E-state index in [0.717, 1.165) is 27.1 Å². The van der Waals surface area contributed by atoms with Gasteiger partial charge in [-0.25, -0.2) is 4.52 Å². The zero-order valence-electron chi connectivity index (χ0n) is 14.1. The van der Waals surface area contributed by atoms with E-state index in [1.54, 1.807) is 6.92 Å². The molecule has 0 amide bonds. The van der Waals surface area contributed by atoms with Crippen molar-refractivity contribution in [1.29, 1.82) is 0 Å². The Morgan fingerprint density at radius 2 is 1.96 bits per heavy atom. The standard InChI is InChI=1S/C20H20BrN3O/c1-13(25)19-17-10-5-11-18(22-16-8-2-3-9-16)24(17)23-20(19)14-6-4-7-15(21)12-14/h4-7,10-12,16,22H,2-3,8-9H2,1H3. The van der Waals surface area contributed by atoms with E-state index in [4.69, 9.17) is 5.10 Å². The number of benzene rings is 1. The second kappa shape index (κ2) is 6.64. The number of halogens is 1. The highest BCUT2D eigenvalue weighted by Crippen LogP contribution is 2.31. The molecular formula is C20H20BrN3O. The first-order valence-electron chi connectivity index (χ1n) is 8.68. The molecule has 5 heteroatoms. The van der Waals surface area contributed by atoms with Crippen molar-refractivity contribution in [2.75, 3.05) is 5.32 Å². The number of carbonyl (C=O) groups excluding carboxylic acids is 1. The number of hydrogen-bond donors (Lipinski definition) is 1. The molecule has 0 unspecified atom stereocenters. The van der Waals surface area contributed by atoms with Crippen molar-refractivity contribution in [3.63, 3.8) is 0 Å². The van der Waals surface area contributed by atoms with Crippen LogP contribution in [0.1, 0.15) is 43.0 Å². The van der Waals surface area contributed by atoms with E-state index in [9.17, 15) is 4.79 Å². The van der Waals surface area contributed by atoms with Crippen LogP contribution in [0.2, 0.25) is 0 Å². The minimum Gasteiger partial charge on any atom is -0.367 e. The average Bonchev–Trinajstić information content (AvgIpc) is 3.22. The molecule has 0 bridgehead atoms. The van der Waals surface area contributed by atoms with E-state index < -0.39 is 0 Å². The van der Waals surface area contributed by atoms with E-state index in [1.807, 2.05) is 47.0 Å². The number of hydrogen-bond acceptors (Lipinski definition) is 3. The molecule has 128 valence electrons. The van der Waals surface area contributed by atoms with Crippen molar-refractivity contribution in [3.05, 3.63) is 52.5 Å². The largest absolute Gasteiger partial charge is 0.367 e. The Morgan fingerprint density at radius 3 is 2.68 bits per heavy atom. The van der Waals surface area contributed by atoms with Crippen LogP contribution in [0.3, 0.4) is 0 Å². The number of aromatic nitrogens is 2. The van der Waals surface area contributed by atoms with Crippen LogP contribution in [-0.4, -0.2) is 21.4 Å². The maximum Gasteiger partial charge on any atom is 0.164 e. The van der Waals surface area contributed by atoms with Gasteiger partial charge in [0.05, 0.1) is 11.1 Å². The number of anilines is 1. The quantitative estimate of drug-likeness (QED) is 0.605. The second-order valence-electron chi connectivity index (χ2n) is 6.62. The summed E-state index contributed by atoms with van der Waals surface area (Å²) in [6, 6.07) is 14.4. The van der Waals surface area contributed by atoms with Gasteiger partial charge in [-0.1, -0.05) is 47.0 Å². The lowest BCUT2D eigenvalue weighted by Crippen LogP contribution is -2.17. The van der Waals surface area contributed by atoms with Crippen LogP contribution in [0.4, 0.5) is 5.82 Å². The van der Waals surface area contributed by atoms with E-state index in [0.29, 0.717) is 11.6 Å². The molecule has 1 fully saturated rings. The summed E-state index contributed by atoms with van der Waals surface area (Å²) in [7, 11) is 0. The van der Waals surface area contributed by atoms with Crippen LogP contribution in [0, 0.1) is 0 Å². The maximum atomic E-state index is 12.4. The van der Waals surface area contributed by atoms with Gasteiger partial charge < -0.3 is 5.32 Å². The molecule has 2 heterocycles. The molecular weight excluding hydrogens is 378 g/mol. The molecule has 0 saturated heterocycles. The Labute approximate surface area is 155 Å². The minimum atomic E-state index is 0.0305. The molecule has 3 aromatic rings. The predicted molar refractivity (Wildman–Crippen MR) is 104 cm³/mol. The molecule has 1 saturated carbocycles. The molecule has 2 aromatic heterocycles. The highest BCUT2D eigenvalue weighted by Gasteiger charge is 2.21. The fraction of sp³-hybridized carbons (Fsp3) is 0.300. The first-order chi connectivity index (χ1) is 12.1. The number of nitrogens with one attached hydrogen (secondary N) is 1. The molecule has 0 aliphatic heterocycles. The Bertz CT molecular complexity index is 941. The summed E-state index contributed by atoms with van der Waals surface area (Å²) in [6.07, 6.45) is 4.93. The number of ketones is 1. The average molecular weight is 398 g/mol. The predicted octanol–water partition coefficient (Wildman–Crippen LogP) is 5.32. The van der Waals surface area contributed by atoms with Crippen molar-refractivity contribution in [2.45, 2.75) is 38.6 Å². The van der Waals surface area contributed by atoms with Crippen molar-refractivity contribution in [3.8, 4) is 11.3 Å². The van der Waals surface area contributed by atoms with Gasteiger partial charge in [-0.15, -0.1) is 0 Å². The van der Waals surface area contributed by atoms with Gasteiger partial charge in [-0.2, -0.15) is 5.10 Å². The summed E-state index contributed by atoms with van der Waals surface area (Å²) >= 11 is 3.51. The van der Waals surface area contributed by atoms with Crippen LogP contribution in [0.25, 0.3) is 16.8 Å². The van der Waals surface area contributed by atoms with Gasteiger partial charge in [0.1, 0.15) is 11.5 Å². The van der Waals surface area contributed by atoms with Crippen LogP contribution in [-0.2, 0) is 0 Å². The fourth-order valence-corrected chi connectivity index (χ4v) is 4.04. The van der Waals surface area contributed by atoms with Gasteiger partial charge in [-0.05, 0) is 44.0 Å². The van der Waals surface area contributed by atoms with Crippen molar-refractivity contribution < 1.29 is 4.79 Å². The Kier molecular flexibility index (Phi) is 4.34. The van der Waals surface area contributed by atoms with Crippen LogP contribution < -0.4 is 5.32 Å². The van der Waals surface area contributed by atoms with E-state index in [-0.39, 0.29) is 5.78 Å². The second-order valence-corrected chi connectivity index (χ2v) is 7.54. The first-order valence-corrected chi connectivity index (χ1v) is 9.48. The number of pyridine rings is 1. The zero-order chi connectivity index (χ0) is 17.4. The fourth-order valence-electron chi connectivity index (χ4n) is 3.64. The molecule has 4 rings (SSSR count). The first kappa shape index (κ1) is 16.3. The van der Waals surface area contributed by atoms with Crippen LogP contribution in [0.15, 0.2) is 46.9 Å². The van der Waals surface area contributed by atoms with E-state index >= 15 is 0 Å². The molecule has 25 heavy (non-hydrogen) atoms. The highest BCUT2D eigenvalue weighted by atomic mass is 79.9. The van der Waals surface area contributed by atoms with Crippen LogP contribution in [0.5, 0.6) is 0 Å². The summed E-state index contributed by atoms with van der Waals surface area (Å²) in [6.45, 7) is 1.61. The summed E-state index contributed by atoms with van der Waals surface area (Å²) in [4.78, 5) is 12.4. The molecule has 0 spiro atoms. The Balaban J connectivity index is 1.88. The number of rotatable bonds is 4. The molecule has 1 N–H and O–H groups in total. The van der Waals surface area contributed by atoms with Crippen molar-refractivity contribution in [1.82, 2.24) is 9.61 Å². The lowest BCUT2D eigenvalue weighted by atomic mass is 10.0. The number of nitrogens with zero attached hydrogens (tertiary/aromatic N) is 2. The monoisotopic (exact) mass is 397 g/mol. The molecule has 1 aromatic carbocycles. The van der Waals surface area contributed by atoms with Crippen molar-refractivity contribution >= 4 is 33.0 Å². The molecule has 4 nitrogen and oxygen atoms in total. The number of carbonyl (C=O) groups is 1. The topological polar surface area (TPSA) is 46.4 Å². The highest BCUT2D eigenvalue weighted by molar-refractivity contribution is 9.10. The Hall–Kier alpha value is -2.14. The number of fused-ring (bicyclic) bond motifs is 1. The third-order valence-electron chi connectivity index (χ3n) is 4.81. The van der Waals surface area contributed by atoms with Gasteiger partial charge in [0.2, 0.25) is 0 Å². The van der Waals surface area contributed by atoms with Gasteiger partial charge in [-0.3, -0.25) is 4.79 Å². The molecule has 0 radical (unpaired) electrons. The van der Waals surface area contributed by atoms with E-state index in [2.05, 4.69) is 21.2 Å². The van der Waals surface area contributed by atoms with E-state index in [1.165, 1.54) is 25.7 Å². The van der Waals surface area contributed by atoms with Gasteiger partial charge in [0, 0.05) is 16.1 Å². The third kappa shape index (κ3) is 3.09. The molecule has 1 aliphatic carbocycles. The summed E-state index contributed by atoms with van der Waals surface area (Å²) in [5.41, 5.74) is 3.20. The maximum absolute atomic E-state index is 12.4. The molecule has 0 atom stereocenters. The van der Waals surface area contributed by atoms with Gasteiger partial charge in [0.15, 0.2) is 5.78 Å². The van der Waals surface area contributed by atoms with Gasteiger partial charge >= 0.3 is 0 Å². The third-order valence-corrected chi connectivity index (χ3v) is 5.31. The summed E-state index contributed by atoms with van der Waals surface area (Å²) in [5.74, 6) is 0.983. The zero-order valence-corrected chi connectivity index (χ0v) is 15.7. The normalized spacial score (nSPS) is 15.0. The van der Waals surface area contributed by atoms with Crippen LogP contribution >= 0.6 is 15.9 Å². The smallest absolute Gasteiger partial charge is 0.164 e. The summed E-state index contributed by atoms with van der Waals surface area (Å²) in [5, 5.41) is 8.41. The summed E-state index contributed by atoms with van der Waals surface area (Å²) < 4.78 is 2.85. The van der Waals surface area contributed by atoms with Gasteiger partial charge in [0.25, 0.3) is 0 Å². The molecule has 1 aliphatic rings. The van der Waals surface area contributed by atoms with Crippen molar-refractivity contribution in [2.24, 2.45) is 0 Å². The lowest BCUT2D eigenvalue weighted by Gasteiger charge is -2.14. The number of Topliss-reactive ketones (excluding diaryl/α,β-unsaturated/α-hetero) is 1. The minimum absolute atomic E-state index is 0.0305. The SMILES string of the molecule is CC(=O)c1c(-c2cccc(Br)c2)nn2c(NC3CCCC3)cccc12. The lowest BCUT2D eigenvalue weighted by molar-refractivity contribution is 0.102. The Morgan fingerprint density at radius 1 is 1.20 bits per heavy atom.